The Morgan fingerprint density at radius 2 is 2.19 bits per heavy atom. The number of anilines is 1. The number of likely N-dealkylation sites (N-methyl/N-ethyl adjacent to an activating group) is 1. The number of nitrogen functional groups attached to an aromatic ring is 1. The largest absolute Gasteiger partial charge is 0.382 e. The molecular weight excluding hydrogens is 362 g/mol. The second-order valence-corrected chi connectivity index (χ2v) is 7.53. The number of aryl methyl sites for hydroxylation is 1. The van der Waals surface area contributed by atoms with E-state index in [1.54, 1.807) is 7.05 Å². The van der Waals surface area contributed by atoms with E-state index in [-0.39, 0.29) is 5.91 Å². The second-order valence-electron chi connectivity index (χ2n) is 6.55. The van der Waals surface area contributed by atoms with Gasteiger partial charge < -0.3 is 15.7 Å². The van der Waals surface area contributed by atoms with Crippen LogP contribution < -0.4 is 5.73 Å². The third-order valence-corrected chi connectivity index (χ3v) is 5.61. The van der Waals surface area contributed by atoms with E-state index >= 15 is 0 Å². The minimum Gasteiger partial charge on any atom is -0.382 e. The number of aliphatic hydroxyl groups is 1. The lowest BCUT2D eigenvalue weighted by Crippen LogP contribution is -2.37. The number of hydrogen-bond acceptors (Lipinski definition) is 7. The molecule has 1 fully saturated rings. The van der Waals surface area contributed by atoms with Crippen LogP contribution in [0, 0.1) is 18.8 Å². The van der Waals surface area contributed by atoms with E-state index in [2.05, 4.69) is 26.8 Å². The summed E-state index contributed by atoms with van der Waals surface area (Å²) >= 11 is 1.43. The summed E-state index contributed by atoms with van der Waals surface area (Å²) in [7, 11) is 1.66. The zero-order valence-corrected chi connectivity index (χ0v) is 15.7. The van der Waals surface area contributed by atoms with Crippen molar-refractivity contribution in [1.82, 2.24) is 19.9 Å². The molecule has 1 amide bonds. The Bertz CT molecular complexity index is 1130. The normalized spacial score (nSPS) is 19.4. The summed E-state index contributed by atoms with van der Waals surface area (Å²) in [6.45, 7) is 2.48. The summed E-state index contributed by atoms with van der Waals surface area (Å²) in [6, 6.07) is 5.70. The van der Waals surface area contributed by atoms with Crippen molar-refractivity contribution < 1.29 is 9.90 Å². The molecule has 0 radical (unpaired) electrons. The number of fused-ring (bicyclic) bond motifs is 1. The quantitative estimate of drug-likeness (QED) is 0.622. The van der Waals surface area contributed by atoms with Crippen LogP contribution in [-0.2, 0) is 4.79 Å². The number of nitrogens with zero attached hydrogens (tertiary/aromatic N) is 4. The third kappa shape index (κ3) is 3.01. The standard InChI is InChI=1S/C19H17N5O2S/c1-11-3-4-12(5-6-19(26)7-8-24(2)18(19)25)9-13(11)16-23-14-15(20)21-10-22-17(14)27-16/h3-4,9-10,26H,7-8H2,1-2H3,(H2,20,21,22)/t19-/m0/s1. The van der Waals surface area contributed by atoms with E-state index in [0.717, 1.165) is 21.0 Å². The first-order chi connectivity index (χ1) is 12.9. The lowest BCUT2D eigenvalue weighted by molar-refractivity contribution is -0.137. The highest BCUT2D eigenvalue weighted by Gasteiger charge is 2.42. The van der Waals surface area contributed by atoms with E-state index in [4.69, 9.17) is 5.73 Å². The van der Waals surface area contributed by atoms with E-state index in [1.807, 2.05) is 25.1 Å². The number of carbonyl (C=O) groups excluding carboxylic acids is 1. The van der Waals surface area contributed by atoms with Gasteiger partial charge in [0.2, 0.25) is 5.60 Å². The summed E-state index contributed by atoms with van der Waals surface area (Å²) in [5.74, 6) is 5.67. The smallest absolute Gasteiger partial charge is 0.267 e. The highest BCUT2D eigenvalue weighted by Crippen LogP contribution is 2.33. The van der Waals surface area contributed by atoms with Gasteiger partial charge in [0.1, 0.15) is 21.7 Å². The minimum atomic E-state index is -1.61. The van der Waals surface area contributed by atoms with Crippen molar-refractivity contribution in [3.05, 3.63) is 35.7 Å². The number of nitrogens with two attached hydrogens (primary N) is 1. The molecule has 0 spiro atoms. The molecule has 3 aromatic rings. The molecule has 0 unspecified atom stereocenters. The molecule has 1 atom stereocenters. The SMILES string of the molecule is Cc1ccc(C#C[C@]2(O)CCN(C)C2=O)cc1-c1nc2c(N)ncnc2s1. The molecule has 7 nitrogen and oxygen atoms in total. The number of amides is 1. The highest BCUT2D eigenvalue weighted by atomic mass is 32.1. The van der Waals surface area contributed by atoms with Gasteiger partial charge in [0.15, 0.2) is 5.82 Å². The fourth-order valence-corrected chi connectivity index (χ4v) is 3.96. The summed E-state index contributed by atoms with van der Waals surface area (Å²) < 4.78 is 0. The average Bonchev–Trinajstić information content (AvgIpc) is 3.20. The van der Waals surface area contributed by atoms with Gasteiger partial charge in [-0.15, -0.1) is 0 Å². The summed E-state index contributed by atoms with van der Waals surface area (Å²) in [4.78, 5) is 27.0. The Morgan fingerprint density at radius 3 is 2.89 bits per heavy atom. The maximum atomic E-state index is 12.1. The van der Waals surface area contributed by atoms with Crippen LogP contribution >= 0.6 is 11.3 Å². The zero-order valence-electron chi connectivity index (χ0n) is 14.9. The molecule has 0 saturated carbocycles. The predicted octanol–water partition coefficient (Wildman–Crippen LogP) is 1.59. The molecule has 8 heteroatoms. The highest BCUT2D eigenvalue weighted by molar-refractivity contribution is 7.21. The van der Waals surface area contributed by atoms with E-state index in [1.165, 1.54) is 22.6 Å². The monoisotopic (exact) mass is 379 g/mol. The predicted molar refractivity (Wildman–Crippen MR) is 104 cm³/mol. The third-order valence-electron chi connectivity index (χ3n) is 4.61. The van der Waals surface area contributed by atoms with Crippen LogP contribution in [0.25, 0.3) is 20.9 Å². The van der Waals surface area contributed by atoms with Gasteiger partial charge in [-0.3, -0.25) is 4.79 Å². The Morgan fingerprint density at radius 1 is 1.37 bits per heavy atom. The van der Waals surface area contributed by atoms with Crippen molar-refractivity contribution >= 4 is 33.4 Å². The fraction of sp³-hybridized carbons (Fsp3) is 0.263. The number of aromatic nitrogens is 3. The van der Waals surface area contributed by atoms with Gasteiger partial charge in [0, 0.05) is 31.1 Å². The second kappa shape index (κ2) is 6.30. The molecule has 0 aliphatic carbocycles. The van der Waals surface area contributed by atoms with Gasteiger partial charge in [0.05, 0.1) is 0 Å². The topological polar surface area (TPSA) is 105 Å². The molecule has 2 aromatic heterocycles. The number of thiazole rings is 1. The van der Waals surface area contributed by atoms with E-state index in [0.29, 0.717) is 29.9 Å². The Kier molecular flexibility index (Phi) is 4.06. The molecule has 136 valence electrons. The van der Waals surface area contributed by atoms with Crippen LogP contribution in [0.5, 0.6) is 0 Å². The fourth-order valence-electron chi connectivity index (χ4n) is 2.96. The molecule has 3 N–H and O–H groups in total. The van der Waals surface area contributed by atoms with Gasteiger partial charge >= 0.3 is 0 Å². The molecular formula is C19H17N5O2S. The molecule has 27 heavy (non-hydrogen) atoms. The van der Waals surface area contributed by atoms with Crippen LogP contribution in [0.4, 0.5) is 5.82 Å². The van der Waals surface area contributed by atoms with Crippen LogP contribution in [0.3, 0.4) is 0 Å². The van der Waals surface area contributed by atoms with Crippen LogP contribution in [-0.4, -0.2) is 50.1 Å². The first-order valence-corrected chi connectivity index (χ1v) is 9.18. The summed E-state index contributed by atoms with van der Waals surface area (Å²) in [5.41, 5.74) is 7.49. The number of likely N-dealkylation sites (tertiary alicyclic amines) is 1. The van der Waals surface area contributed by atoms with Crippen molar-refractivity contribution in [2.24, 2.45) is 0 Å². The Balaban J connectivity index is 1.73. The van der Waals surface area contributed by atoms with Crippen molar-refractivity contribution in [2.45, 2.75) is 18.9 Å². The molecule has 1 saturated heterocycles. The molecule has 1 aromatic carbocycles. The van der Waals surface area contributed by atoms with Gasteiger partial charge in [0.25, 0.3) is 5.91 Å². The average molecular weight is 379 g/mol. The first-order valence-electron chi connectivity index (χ1n) is 8.36. The molecule has 1 aliphatic heterocycles. The van der Waals surface area contributed by atoms with Crippen molar-refractivity contribution in [2.75, 3.05) is 19.3 Å². The maximum Gasteiger partial charge on any atom is 0.267 e. The molecule has 1 aliphatic rings. The van der Waals surface area contributed by atoms with Crippen LogP contribution in [0.15, 0.2) is 24.5 Å². The molecule has 3 heterocycles. The lowest BCUT2D eigenvalue weighted by Gasteiger charge is -2.13. The summed E-state index contributed by atoms with van der Waals surface area (Å²) in [6.07, 6.45) is 1.73. The maximum absolute atomic E-state index is 12.1. The van der Waals surface area contributed by atoms with E-state index < -0.39 is 5.60 Å². The van der Waals surface area contributed by atoms with Gasteiger partial charge in [-0.1, -0.05) is 29.2 Å². The minimum absolute atomic E-state index is 0.309. The van der Waals surface area contributed by atoms with Gasteiger partial charge in [-0.05, 0) is 24.6 Å². The first kappa shape index (κ1) is 17.4. The molecule has 0 bridgehead atoms. The molecule has 4 rings (SSSR count). The number of hydrogen-bond donors (Lipinski definition) is 2. The zero-order chi connectivity index (χ0) is 19.2. The van der Waals surface area contributed by atoms with Crippen LogP contribution in [0.1, 0.15) is 17.5 Å². The Hall–Kier alpha value is -3.02. The number of carbonyl (C=O) groups is 1. The van der Waals surface area contributed by atoms with Gasteiger partial charge in [-0.2, -0.15) is 0 Å². The number of rotatable bonds is 1. The summed E-state index contributed by atoms with van der Waals surface area (Å²) in [5, 5.41) is 11.2. The van der Waals surface area contributed by atoms with Crippen molar-refractivity contribution in [3.63, 3.8) is 0 Å². The Labute approximate surface area is 159 Å². The number of benzene rings is 1. The lowest BCUT2D eigenvalue weighted by atomic mass is 10.0. The van der Waals surface area contributed by atoms with Crippen molar-refractivity contribution in [3.8, 4) is 22.4 Å². The van der Waals surface area contributed by atoms with Crippen molar-refractivity contribution in [1.29, 1.82) is 0 Å². The van der Waals surface area contributed by atoms with E-state index in [9.17, 15) is 9.90 Å². The van der Waals surface area contributed by atoms with Gasteiger partial charge in [-0.25, -0.2) is 15.0 Å². The van der Waals surface area contributed by atoms with Crippen LogP contribution in [0.2, 0.25) is 0 Å².